The zero-order valence-electron chi connectivity index (χ0n) is 8.87. The molecule has 0 aliphatic carbocycles. The van der Waals surface area contributed by atoms with Gasteiger partial charge in [-0.1, -0.05) is 6.07 Å². The molecule has 0 aliphatic heterocycles. The summed E-state index contributed by atoms with van der Waals surface area (Å²) in [6.07, 6.45) is 0. The Balaban J connectivity index is 2.77. The summed E-state index contributed by atoms with van der Waals surface area (Å²) >= 11 is 0. The Morgan fingerprint density at radius 3 is 2.60 bits per heavy atom. The molecule has 0 bridgehead atoms. The van der Waals surface area contributed by atoms with E-state index in [4.69, 9.17) is 5.11 Å². The second-order valence-corrected chi connectivity index (χ2v) is 3.68. The van der Waals surface area contributed by atoms with Crippen LogP contribution in [0.3, 0.4) is 0 Å². The van der Waals surface area contributed by atoms with E-state index in [2.05, 4.69) is 5.32 Å². The lowest BCUT2D eigenvalue weighted by Crippen LogP contribution is -2.31. The second-order valence-electron chi connectivity index (χ2n) is 3.68. The lowest BCUT2D eigenvalue weighted by atomic mass is 10.1. The number of phenols is 1. The van der Waals surface area contributed by atoms with E-state index in [0.717, 1.165) is 6.07 Å². The monoisotopic (exact) mass is 213 g/mol. The van der Waals surface area contributed by atoms with Crippen LogP contribution in [0, 0.1) is 5.82 Å². The van der Waals surface area contributed by atoms with Gasteiger partial charge in [0.1, 0.15) is 11.6 Å². The van der Waals surface area contributed by atoms with Gasteiger partial charge in [0, 0.05) is 23.7 Å². The third kappa shape index (κ3) is 3.18. The fraction of sp³-hybridized carbons (Fsp3) is 0.455. The Labute approximate surface area is 88.6 Å². The van der Waals surface area contributed by atoms with E-state index < -0.39 is 5.82 Å². The maximum absolute atomic E-state index is 12.7. The molecule has 0 aromatic heterocycles. The SMILES string of the molecule is C[C@H](N[C@@H](C)CO)c1ccc(F)cc1O. The fourth-order valence-corrected chi connectivity index (χ4v) is 1.45. The highest BCUT2D eigenvalue weighted by atomic mass is 19.1. The summed E-state index contributed by atoms with van der Waals surface area (Å²) in [6, 6.07) is 3.72. The molecule has 1 rings (SSSR count). The van der Waals surface area contributed by atoms with Crippen molar-refractivity contribution in [2.45, 2.75) is 25.9 Å². The van der Waals surface area contributed by atoms with Crippen molar-refractivity contribution in [2.24, 2.45) is 0 Å². The molecule has 0 fully saturated rings. The minimum atomic E-state index is -0.460. The Morgan fingerprint density at radius 2 is 2.07 bits per heavy atom. The molecule has 0 aliphatic rings. The van der Waals surface area contributed by atoms with Gasteiger partial charge in [0.2, 0.25) is 0 Å². The van der Waals surface area contributed by atoms with Gasteiger partial charge in [-0.25, -0.2) is 4.39 Å². The van der Waals surface area contributed by atoms with Crippen molar-refractivity contribution in [1.29, 1.82) is 0 Å². The van der Waals surface area contributed by atoms with Crippen LogP contribution in [-0.2, 0) is 0 Å². The van der Waals surface area contributed by atoms with Crippen molar-refractivity contribution in [3.05, 3.63) is 29.6 Å². The molecule has 0 saturated carbocycles. The zero-order chi connectivity index (χ0) is 11.4. The number of hydrogen-bond donors (Lipinski definition) is 3. The highest BCUT2D eigenvalue weighted by molar-refractivity contribution is 5.34. The number of halogens is 1. The molecule has 0 unspecified atom stereocenters. The van der Waals surface area contributed by atoms with E-state index in [-0.39, 0.29) is 24.4 Å². The minimum absolute atomic E-state index is 0.0201. The predicted octanol–water partition coefficient (Wildman–Crippen LogP) is 1.56. The summed E-state index contributed by atoms with van der Waals surface area (Å²) in [7, 11) is 0. The van der Waals surface area contributed by atoms with E-state index in [1.165, 1.54) is 12.1 Å². The molecule has 0 heterocycles. The summed E-state index contributed by atoms with van der Waals surface area (Å²) in [5, 5.41) is 21.4. The first-order valence-electron chi connectivity index (χ1n) is 4.90. The Kier molecular flexibility index (Phi) is 4.05. The zero-order valence-corrected chi connectivity index (χ0v) is 8.87. The molecule has 1 aromatic carbocycles. The van der Waals surface area contributed by atoms with Crippen LogP contribution in [0.15, 0.2) is 18.2 Å². The van der Waals surface area contributed by atoms with Gasteiger partial charge in [0.05, 0.1) is 6.61 Å². The van der Waals surface area contributed by atoms with Crippen LogP contribution in [0.4, 0.5) is 4.39 Å². The van der Waals surface area contributed by atoms with Crippen LogP contribution in [-0.4, -0.2) is 22.9 Å². The molecule has 3 N–H and O–H groups in total. The topological polar surface area (TPSA) is 52.5 Å². The van der Waals surface area contributed by atoms with E-state index in [0.29, 0.717) is 5.56 Å². The summed E-state index contributed by atoms with van der Waals surface area (Å²) in [4.78, 5) is 0. The van der Waals surface area contributed by atoms with Gasteiger partial charge in [-0.3, -0.25) is 0 Å². The van der Waals surface area contributed by atoms with Crippen LogP contribution >= 0.6 is 0 Å². The van der Waals surface area contributed by atoms with Gasteiger partial charge in [-0.05, 0) is 19.9 Å². The number of phenolic OH excluding ortho intramolecular Hbond substituents is 1. The van der Waals surface area contributed by atoms with Gasteiger partial charge in [0.25, 0.3) is 0 Å². The van der Waals surface area contributed by atoms with Crippen molar-refractivity contribution < 1.29 is 14.6 Å². The van der Waals surface area contributed by atoms with E-state index in [1.807, 2.05) is 13.8 Å². The largest absolute Gasteiger partial charge is 0.508 e. The van der Waals surface area contributed by atoms with Crippen LogP contribution in [0.5, 0.6) is 5.75 Å². The summed E-state index contributed by atoms with van der Waals surface area (Å²) < 4.78 is 12.7. The van der Waals surface area contributed by atoms with Gasteiger partial charge in [-0.2, -0.15) is 0 Å². The maximum atomic E-state index is 12.7. The second kappa shape index (κ2) is 5.09. The number of aliphatic hydroxyl groups is 1. The first-order valence-corrected chi connectivity index (χ1v) is 4.90. The molecule has 4 heteroatoms. The average molecular weight is 213 g/mol. The smallest absolute Gasteiger partial charge is 0.126 e. The molecule has 0 saturated heterocycles. The number of hydrogen-bond acceptors (Lipinski definition) is 3. The first kappa shape index (κ1) is 11.9. The quantitative estimate of drug-likeness (QED) is 0.711. The third-order valence-electron chi connectivity index (χ3n) is 2.27. The molecule has 0 amide bonds. The molecule has 1 aromatic rings. The third-order valence-corrected chi connectivity index (χ3v) is 2.27. The number of aromatic hydroxyl groups is 1. The molecule has 0 radical (unpaired) electrons. The van der Waals surface area contributed by atoms with Crippen molar-refractivity contribution >= 4 is 0 Å². The molecule has 15 heavy (non-hydrogen) atoms. The van der Waals surface area contributed by atoms with E-state index in [1.54, 1.807) is 0 Å². The van der Waals surface area contributed by atoms with Gasteiger partial charge < -0.3 is 15.5 Å². The van der Waals surface area contributed by atoms with Crippen molar-refractivity contribution in [3.63, 3.8) is 0 Å². The Hall–Kier alpha value is -1.13. The fourth-order valence-electron chi connectivity index (χ4n) is 1.45. The molecule has 2 atom stereocenters. The van der Waals surface area contributed by atoms with Crippen molar-refractivity contribution in [2.75, 3.05) is 6.61 Å². The lowest BCUT2D eigenvalue weighted by Gasteiger charge is -2.19. The van der Waals surface area contributed by atoms with E-state index in [9.17, 15) is 9.50 Å². The summed E-state index contributed by atoms with van der Waals surface area (Å²) in [6.45, 7) is 3.70. The van der Waals surface area contributed by atoms with Gasteiger partial charge in [0.15, 0.2) is 0 Å². The van der Waals surface area contributed by atoms with Crippen molar-refractivity contribution in [3.8, 4) is 5.75 Å². The van der Waals surface area contributed by atoms with Crippen LogP contribution in [0.25, 0.3) is 0 Å². The normalized spacial score (nSPS) is 14.9. The summed E-state index contributed by atoms with van der Waals surface area (Å²) in [5.74, 6) is -0.529. The molecular weight excluding hydrogens is 197 g/mol. The molecule has 0 spiro atoms. The number of benzene rings is 1. The standard InChI is InChI=1S/C11H16FNO2/c1-7(6-14)13-8(2)10-4-3-9(12)5-11(10)15/h3-5,7-8,13-15H,6H2,1-2H3/t7-,8-/m0/s1. The average Bonchev–Trinajstić information content (AvgIpc) is 2.17. The van der Waals surface area contributed by atoms with Crippen LogP contribution in [0.2, 0.25) is 0 Å². The first-order chi connectivity index (χ1) is 7.04. The minimum Gasteiger partial charge on any atom is -0.508 e. The summed E-state index contributed by atoms with van der Waals surface area (Å²) in [5.41, 5.74) is 0.622. The number of nitrogens with one attached hydrogen (secondary N) is 1. The highest BCUT2D eigenvalue weighted by Crippen LogP contribution is 2.24. The van der Waals surface area contributed by atoms with Crippen LogP contribution < -0.4 is 5.32 Å². The van der Waals surface area contributed by atoms with Gasteiger partial charge >= 0.3 is 0 Å². The Bertz CT molecular complexity index is 330. The molecule has 84 valence electrons. The highest BCUT2D eigenvalue weighted by Gasteiger charge is 2.12. The Morgan fingerprint density at radius 1 is 1.40 bits per heavy atom. The predicted molar refractivity (Wildman–Crippen MR) is 56.2 cm³/mol. The number of rotatable bonds is 4. The molecular formula is C11H16FNO2. The number of aliphatic hydroxyl groups excluding tert-OH is 1. The lowest BCUT2D eigenvalue weighted by molar-refractivity contribution is 0.242. The van der Waals surface area contributed by atoms with E-state index >= 15 is 0 Å². The van der Waals surface area contributed by atoms with Gasteiger partial charge in [-0.15, -0.1) is 0 Å². The maximum Gasteiger partial charge on any atom is 0.126 e. The van der Waals surface area contributed by atoms with Crippen LogP contribution in [0.1, 0.15) is 25.5 Å². The molecule has 3 nitrogen and oxygen atoms in total. The van der Waals surface area contributed by atoms with Crippen molar-refractivity contribution in [1.82, 2.24) is 5.32 Å².